The zero-order valence-electron chi connectivity index (χ0n) is 18.5. The van der Waals surface area contributed by atoms with Crippen LogP contribution >= 0.6 is 0 Å². The molecule has 0 fully saturated rings. The highest BCUT2D eigenvalue weighted by atomic mass is 16.3. The van der Waals surface area contributed by atoms with Gasteiger partial charge in [-0.25, -0.2) is 4.98 Å². The van der Waals surface area contributed by atoms with Gasteiger partial charge in [-0.05, 0) is 62.2 Å². The molecule has 8 nitrogen and oxygen atoms in total. The summed E-state index contributed by atoms with van der Waals surface area (Å²) in [5.41, 5.74) is 4.47. The van der Waals surface area contributed by atoms with Crippen molar-refractivity contribution in [1.82, 2.24) is 24.5 Å². The number of pyridine rings is 1. The van der Waals surface area contributed by atoms with Crippen molar-refractivity contribution in [3.8, 4) is 5.75 Å². The molecule has 0 radical (unpaired) electrons. The van der Waals surface area contributed by atoms with Gasteiger partial charge in [0.1, 0.15) is 5.75 Å². The summed E-state index contributed by atoms with van der Waals surface area (Å²) in [6.45, 7) is 4.88. The molecule has 0 amide bonds. The fourth-order valence-corrected chi connectivity index (χ4v) is 3.74. The monoisotopic (exact) mass is 439 g/mol. The Kier molecular flexibility index (Phi) is 5.48. The Hall–Kier alpha value is -4.20. The van der Waals surface area contributed by atoms with Crippen LogP contribution in [0.1, 0.15) is 25.5 Å². The molecule has 166 valence electrons. The Morgan fingerprint density at radius 1 is 1.00 bits per heavy atom. The minimum atomic E-state index is 0.217. The average molecular weight is 440 g/mol. The lowest BCUT2D eigenvalue weighted by atomic mass is 10.1. The zero-order chi connectivity index (χ0) is 22.8. The van der Waals surface area contributed by atoms with E-state index >= 15 is 0 Å². The van der Waals surface area contributed by atoms with Crippen molar-refractivity contribution in [2.45, 2.75) is 26.3 Å². The molecule has 0 aliphatic rings. The van der Waals surface area contributed by atoms with Crippen LogP contribution in [-0.4, -0.2) is 36.2 Å². The number of rotatable bonds is 7. The molecule has 0 saturated carbocycles. The summed E-state index contributed by atoms with van der Waals surface area (Å²) in [5, 5.41) is 17.3. The number of hydrogen-bond donors (Lipinski definition) is 3. The first-order chi connectivity index (χ1) is 16.1. The van der Waals surface area contributed by atoms with Crippen LogP contribution in [0.15, 0.2) is 67.1 Å². The second-order valence-corrected chi connectivity index (χ2v) is 8.19. The molecule has 5 rings (SSSR count). The van der Waals surface area contributed by atoms with Crippen molar-refractivity contribution in [2.75, 3.05) is 17.2 Å². The van der Waals surface area contributed by atoms with E-state index in [1.54, 1.807) is 24.7 Å². The number of imidazole rings is 1. The molecule has 3 heterocycles. The van der Waals surface area contributed by atoms with E-state index in [1.165, 1.54) is 0 Å². The summed E-state index contributed by atoms with van der Waals surface area (Å²) in [6, 6.07) is 17.4. The molecule has 0 bridgehead atoms. The van der Waals surface area contributed by atoms with Crippen LogP contribution in [0.25, 0.3) is 22.1 Å². The molecule has 8 heteroatoms. The predicted molar refractivity (Wildman–Crippen MR) is 131 cm³/mol. The fourth-order valence-electron chi connectivity index (χ4n) is 3.74. The molecule has 0 spiro atoms. The second-order valence-electron chi connectivity index (χ2n) is 8.19. The minimum Gasteiger partial charge on any atom is -0.508 e. The number of phenolic OH excluding ortho intramolecular Hbond substituents is 1. The molecule has 5 aromatic rings. The van der Waals surface area contributed by atoms with E-state index in [0.29, 0.717) is 18.3 Å². The van der Waals surface area contributed by atoms with Gasteiger partial charge in [-0.15, -0.1) is 0 Å². The Morgan fingerprint density at radius 3 is 2.67 bits per heavy atom. The molecule has 0 aliphatic carbocycles. The van der Waals surface area contributed by atoms with Crippen molar-refractivity contribution in [3.05, 3.63) is 72.7 Å². The van der Waals surface area contributed by atoms with E-state index in [1.807, 2.05) is 47.0 Å². The minimum absolute atomic E-state index is 0.217. The number of fused-ring (bicyclic) bond motifs is 2. The Bertz CT molecular complexity index is 1410. The van der Waals surface area contributed by atoms with Gasteiger partial charge >= 0.3 is 0 Å². The summed E-state index contributed by atoms with van der Waals surface area (Å²) in [4.78, 5) is 18.4. The standard InChI is InChI=1S/C25H25N7O/c1-16(2)32-15-28-22-23(27-13-11-17-5-8-20(33)9-6-17)30-25(31-24(22)32)29-19-7-10-21-18(14-19)4-3-12-26-21/h3-10,12,14-16,33H,11,13H2,1-2H3,(H2,27,29,30,31). The summed E-state index contributed by atoms with van der Waals surface area (Å²) in [6.07, 6.45) is 4.38. The maximum absolute atomic E-state index is 9.48. The third kappa shape index (κ3) is 4.41. The van der Waals surface area contributed by atoms with Crippen molar-refractivity contribution in [2.24, 2.45) is 0 Å². The predicted octanol–water partition coefficient (Wildman–Crippen LogP) is 5.06. The Labute approximate surface area is 191 Å². The van der Waals surface area contributed by atoms with E-state index < -0.39 is 0 Å². The number of benzene rings is 2. The van der Waals surface area contributed by atoms with Crippen LogP contribution < -0.4 is 10.6 Å². The number of phenols is 1. The number of nitrogens with one attached hydrogen (secondary N) is 2. The molecule has 3 aromatic heterocycles. The summed E-state index contributed by atoms with van der Waals surface area (Å²) in [7, 11) is 0. The zero-order valence-corrected chi connectivity index (χ0v) is 18.5. The summed E-state index contributed by atoms with van der Waals surface area (Å²) >= 11 is 0. The number of nitrogens with zero attached hydrogens (tertiary/aromatic N) is 5. The highest BCUT2D eigenvalue weighted by Gasteiger charge is 2.15. The third-order valence-electron chi connectivity index (χ3n) is 5.48. The quantitative estimate of drug-likeness (QED) is 0.326. The fraction of sp³-hybridized carbons (Fsp3) is 0.200. The number of hydrogen-bond acceptors (Lipinski definition) is 7. The van der Waals surface area contributed by atoms with Crippen LogP contribution in [0.3, 0.4) is 0 Å². The molecule has 33 heavy (non-hydrogen) atoms. The van der Waals surface area contributed by atoms with Gasteiger partial charge in [-0.3, -0.25) is 4.98 Å². The molecule has 0 aliphatic heterocycles. The van der Waals surface area contributed by atoms with Crippen molar-refractivity contribution in [1.29, 1.82) is 0 Å². The highest BCUT2D eigenvalue weighted by molar-refractivity contribution is 5.86. The van der Waals surface area contributed by atoms with Crippen molar-refractivity contribution in [3.63, 3.8) is 0 Å². The first kappa shape index (κ1) is 20.7. The number of anilines is 3. The van der Waals surface area contributed by atoms with Crippen LogP contribution in [0.5, 0.6) is 5.75 Å². The molecule has 0 saturated heterocycles. The van der Waals surface area contributed by atoms with E-state index in [9.17, 15) is 5.11 Å². The Morgan fingerprint density at radius 2 is 1.85 bits per heavy atom. The first-order valence-corrected chi connectivity index (χ1v) is 10.9. The molecular formula is C25H25N7O. The van der Waals surface area contributed by atoms with E-state index in [4.69, 9.17) is 9.97 Å². The van der Waals surface area contributed by atoms with Crippen LogP contribution in [0, 0.1) is 0 Å². The first-order valence-electron chi connectivity index (χ1n) is 10.9. The number of aromatic hydroxyl groups is 1. The number of aromatic nitrogens is 5. The largest absolute Gasteiger partial charge is 0.508 e. The van der Waals surface area contributed by atoms with E-state index in [0.717, 1.165) is 39.7 Å². The lowest BCUT2D eigenvalue weighted by Crippen LogP contribution is -2.10. The summed E-state index contributed by atoms with van der Waals surface area (Å²) < 4.78 is 2.04. The van der Waals surface area contributed by atoms with Gasteiger partial charge in [0, 0.05) is 29.9 Å². The Balaban J connectivity index is 1.44. The molecule has 0 atom stereocenters. The topological polar surface area (TPSA) is 101 Å². The highest BCUT2D eigenvalue weighted by Crippen LogP contribution is 2.26. The van der Waals surface area contributed by atoms with Gasteiger partial charge in [-0.2, -0.15) is 9.97 Å². The average Bonchev–Trinajstić information content (AvgIpc) is 3.25. The van der Waals surface area contributed by atoms with E-state index in [-0.39, 0.29) is 11.8 Å². The molecule has 0 unspecified atom stereocenters. The second kappa shape index (κ2) is 8.74. The summed E-state index contributed by atoms with van der Waals surface area (Å²) in [5.74, 6) is 1.45. The van der Waals surface area contributed by atoms with Crippen molar-refractivity contribution < 1.29 is 5.11 Å². The van der Waals surface area contributed by atoms with Gasteiger partial charge in [0.25, 0.3) is 0 Å². The van der Waals surface area contributed by atoms with Crippen molar-refractivity contribution >= 4 is 39.5 Å². The van der Waals surface area contributed by atoms with Gasteiger partial charge in [0.05, 0.1) is 11.8 Å². The maximum atomic E-state index is 9.48. The smallest absolute Gasteiger partial charge is 0.231 e. The molecule has 3 N–H and O–H groups in total. The maximum Gasteiger partial charge on any atom is 0.231 e. The lowest BCUT2D eigenvalue weighted by Gasteiger charge is -2.12. The van der Waals surface area contributed by atoms with Crippen LogP contribution in [0.2, 0.25) is 0 Å². The molecule has 2 aromatic carbocycles. The van der Waals surface area contributed by atoms with Gasteiger partial charge < -0.3 is 20.3 Å². The van der Waals surface area contributed by atoms with Gasteiger partial charge in [-0.1, -0.05) is 18.2 Å². The van der Waals surface area contributed by atoms with Crippen LogP contribution in [0.4, 0.5) is 17.5 Å². The van der Waals surface area contributed by atoms with Crippen LogP contribution in [-0.2, 0) is 6.42 Å². The molecular weight excluding hydrogens is 414 g/mol. The van der Waals surface area contributed by atoms with Gasteiger partial charge in [0.2, 0.25) is 5.95 Å². The third-order valence-corrected chi connectivity index (χ3v) is 5.48. The lowest BCUT2D eigenvalue weighted by molar-refractivity contribution is 0.475. The van der Waals surface area contributed by atoms with E-state index in [2.05, 4.69) is 34.4 Å². The SMILES string of the molecule is CC(C)n1cnc2c(NCCc3ccc(O)cc3)nc(Nc3ccc4ncccc4c3)nc21. The normalized spacial score (nSPS) is 11.4. The van der Waals surface area contributed by atoms with Gasteiger partial charge in [0.15, 0.2) is 17.0 Å².